The van der Waals surface area contributed by atoms with E-state index < -0.39 is 0 Å². The van der Waals surface area contributed by atoms with E-state index in [4.69, 9.17) is 4.74 Å². The van der Waals surface area contributed by atoms with Crippen LogP contribution in [-0.2, 0) is 4.79 Å². The fraction of sp³-hybridized carbons (Fsp3) is 0.562. The van der Waals surface area contributed by atoms with Crippen molar-refractivity contribution in [3.05, 3.63) is 29.8 Å². The number of amides is 1. The number of carbonyl (C=O) groups excluding carboxylic acids is 1. The molecule has 2 rings (SSSR count). The normalized spacial score (nSPS) is 19.6. The zero-order chi connectivity index (χ0) is 14.5. The Labute approximate surface area is 121 Å². The summed E-state index contributed by atoms with van der Waals surface area (Å²) in [6.45, 7) is 4.04. The van der Waals surface area contributed by atoms with Crippen LogP contribution in [0.3, 0.4) is 0 Å². The van der Waals surface area contributed by atoms with Crippen molar-refractivity contribution in [3.8, 4) is 5.75 Å². The summed E-state index contributed by atoms with van der Waals surface area (Å²) in [7, 11) is 3.54. The molecule has 20 heavy (non-hydrogen) atoms. The molecule has 0 saturated carbocycles. The summed E-state index contributed by atoms with van der Waals surface area (Å²) in [6.07, 6.45) is 1.73. The van der Waals surface area contributed by atoms with Gasteiger partial charge in [0.15, 0.2) is 0 Å². The molecule has 1 aliphatic heterocycles. The summed E-state index contributed by atoms with van der Waals surface area (Å²) >= 11 is 0. The smallest absolute Gasteiger partial charge is 0.223 e. The van der Waals surface area contributed by atoms with E-state index in [9.17, 15) is 4.79 Å². The van der Waals surface area contributed by atoms with Gasteiger partial charge in [-0.15, -0.1) is 0 Å². The van der Waals surface area contributed by atoms with Crippen molar-refractivity contribution >= 4 is 5.91 Å². The maximum atomic E-state index is 12.4. The molecule has 0 radical (unpaired) electrons. The van der Waals surface area contributed by atoms with Crippen LogP contribution < -0.4 is 10.1 Å². The number of benzene rings is 1. The van der Waals surface area contributed by atoms with Gasteiger partial charge in [0.05, 0.1) is 13.2 Å². The van der Waals surface area contributed by atoms with Gasteiger partial charge in [-0.2, -0.15) is 0 Å². The standard InChI is InChI=1S/C16H24N2O2/c1-12(14-6-4-5-7-15(14)20-3)18(2)16(19)10-13-8-9-17-11-13/h4-7,12-13,17H,8-11H2,1-3H3/t12-,13-/m0/s1. The first-order valence-electron chi connectivity index (χ1n) is 7.22. The molecule has 1 N–H and O–H groups in total. The largest absolute Gasteiger partial charge is 0.496 e. The molecule has 0 unspecified atom stereocenters. The lowest BCUT2D eigenvalue weighted by Gasteiger charge is -2.27. The van der Waals surface area contributed by atoms with Crippen LogP contribution in [0.15, 0.2) is 24.3 Å². The minimum atomic E-state index is 0.0213. The van der Waals surface area contributed by atoms with Crippen LogP contribution in [0.5, 0.6) is 5.75 Å². The first-order chi connectivity index (χ1) is 9.63. The summed E-state index contributed by atoms with van der Waals surface area (Å²) < 4.78 is 5.38. The van der Waals surface area contributed by atoms with Gasteiger partial charge in [-0.25, -0.2) is 0 Å². The third-order valence-corrected chi connectivity index (χ3v) is 4.19. The average Bonchev–Trinajstić information content (AvgIpc) is 2.98. The van der Waals surface area contributed by atoms with Crippen molar-refractivity contribution < 1.29 is 9.53 Å². The van der Waals surface area contributed by atoms with Gasteiger partial charge >= 0.3 is 0 Å². The maximum absolute atomic E-state index is 12.4. The number of rotatable bonds is 5. The molecule has 0 bridgehead atoms. The molecule has 1 aromatic rings. The Balaban J connectivity index is 2.03. The number of hydrogen-bond acceptors (Lipinski definition) is 3. The number of nitrogens with zero attached hydrogens (tertiary/aromatic N) is 1. The van der Waals surface area contributed by atoms with Gasteiger partial charge in [0.25, 0.3) is 0 Å². The van der Waals surface area contributed by atoms with Crippen molar-refractivity contribution in [1.82, 2.24) is 10.2 Å². The van der Waals surface area contributed by atoms with E-state index in [1.54, 1.807) is 7.11 Å². The van der Waals surface area contributed by atoms with Crippen LogP contribution in [0.2, 0.25) is 0 Å². The second kappa shape index (κ2) is 6.75. The number of carbonyl (C=O) groups is 1. The summed E-state index contributed by atoms with van der Waals surface area (Å²) in [5.74, 6) is 1.52. The number of ether oxygens (including phenoxy) is 1. The van der Waals surface area contributed by atoms with Crippen LogP contribution in [0, 0.1) is 5.92 Å². The molecule has 1 heterocycles. The Morgan fingerprint density at radius 3 is 2.90 bits per heavy atom. The molecule has 0 aromatic heterocycles. The third kappa shape index (κ3) is 3.31. The van der Waals surface area contributed by atoms with Gasteiger partial charge in [-0.05, 0) is 38.4 Å². The van der Waals surface area contributed by atoms with Crippen molar-refractivity contribution in [1.29, 1.82) is 0 Å². The second-order valence-electron chi connectivity index (χ2n) is 5.49. The van der Waals surface area contributed by atoms with Crippen molar-refractivity contribution in [2.24, 2.45) is 5.92 Å². The third-order valence-electron chi connectivity index (χ3n) is 4.19. The lowest BCUT2D eigenvalue weighted by molar-refractivity contribution is -0.132. The Hall–Kier alpha value is -1.55. The highest BCUT2D eigenvalue weighted by atomic mass is 16.5. The summed E-state index contributed by atoms with van der Waals surface area (Å²) in [5.41, 5.74) is 1.05. The minimum absolute atomic E-state index is 0.0213. The number of methoxy groups -OCH3 is 1. The quantitative estimate of drug-likeness (QED) is 0.896. The highest BCUT2D eigenvalue weighted by Gasteiger charge is 2.24. The first-order valence-corrected chi connectivity index (χ1v) is 7.22. The SMILES string of the molecule is COc1ccccc1[C@H](C)N(C)C(=O)C[C@@H]1CCNC1. The van der Waals surface area contributed by atoms with E-state index in [0.717, 1.165) is 30.8 Å². The van der Waals surface area contributed by atoms with E-state index in [1.807, 2.05) is 43.1 Å². The topological polar surface area (TPSA) is 41.6 Å². The van der Waals surface area contributed by atoms with Crippen molar-refractivity contribution in [2.75, 3.05) is 27.2 Å². The highest BCUT2D eigenvalue weighted by Crippen LogP contribution is 2.29. The molecule has 1 aliphatic rings. The molecule has 0 spiro atoms. The van der Waals surface area contributed by atoms with Crippen LogP contribution >= 0.6 is 0 Å². The lowest BCUT2D eigenvalue weighted by Crippen LogP contribution is -2.31. The summed E-state index contributed by atoms with van der Waals surface area (Å²) in [4.78, 5) is 14.2. The zero-order valence-electron chi connectivity index (χ0n) is 12.6. The predicted molar refractivity (Wildman–Crippen MR) is 79.8 cm³/mol. The summed E-state index contributed by atoms with van der Waals surface area (Å²) in [6, 6.07) is 7.90. The Bertz CT molecular complexity index is 456. The van der Waals surface area contributed by atoms with Gasteiger partial charge in [-0.3, -0.25) is 4.79 Å². The van der Waals surface area contributed by atoms with E-state index in [-0.39, 0.29) is 11.9 Å². The van der Waals surface area contributed by atoms with Crippen LogP contribution in [0.1, 0.15) is 31.4 Å². The fourth-order valence-corrected chi connectivity index (χ4v) is 2.72. The predicted octanol–water partition coefficient (Wildman–Crippen LogP) is 2.21. The molecule has 2 atom stereocenters. The van der Waals surface area contributed by atoms with E-state index in [1.165, 1.54) is 0 Å². The van der Waals surface area contributed by atoms with Gasteiger partial charge < -0.3 is 15.0 Å². The molecule has 1 aromatic carbocycles. The number of hydrogen-bond donors (Lipinski definition) is 1. The van der Waals surface area contributed by atoms with E-state index in [2.05, 4.69) is 5.32 Å². The van der Waals surface area contributed by atoms with Gasteiger partial charge in [-0.1, -0.05) is 18.2 Å². The average molecular weight is 276 g/mol. The Morgan fingerprint density at radius 1 is 1.50 bits per heavy atom. The molecule has 4 nitrogen and oxygen atoms in total. The monoisotopic (exact) mass is 276 g/mol. The van der Waals surface area contributed by atoms with Crippen LogP contribution in [0.4, 0.5) is 0 Å². The number of nitrogens with one attached hydrogen (secondary N) is 1. The molecular weight excluding hydrogens is 252 g/mol. The van der Waals surface area contributed by atoms with Crippen molar-refractivity contribution in [3.63, 3.8) is 0 Å². The van der Waals surface area contributed by atoms with Crippen LogP contribution in [0.25, 0.3) is 0 Å². The highest BCUT2D eigenvalue weighted by molar-refractivity contribution is 5.76. The Morgan fingerprint density at radius 2 is 2.25 bits per heavy atom. The van der Waals surface area contributed by atoms with E-state index >= 15 is 0 Å². The molecule has 0 aliphatic carbocycles. The molecular formula is C16H24N2O2. The van der Waals surface area contributed by atoms with Gasteiger partial charge in [0, 0.05) is 19.0 Å². The van der Waals surface area contributed by atoms with E-state index in [0.29, 0.717) is 12.3 Å². The molecule has 1 saturated heterocycles. The first kappa shape index (κ1) is 14.9. The fourth-order valence-electron chi connectivity index (χ4n) is 2.72. The molecule has 4 heteroatoms. The molecule has 1 fully saturated rings. The Kier molecular flexibility index (Phi) is 5.01. The minimum Gasteiger partial charge on any atom is -0.496 e. The molecule has 1 amide bonds. The summed E-state index contributed by atoms with van der Waals surface area (Å²) in [5, 5.41) is 3.31. The van der Waals surface area contributed by atoms with Gasteiger partial charge in [0.2, 0.25) is 5.91 Å². The lowest BCUT2D eigenvalue weighted by atomic mass is 10.0. The van der Waals surface area contributed by atoms with Crippen molar-refractivity contribution in [2.45, 2.75) is 25.8 Å². The van der Waals surface area contributed by atoms with Gasteiger partial charge in [0.1, 0.15) is 5.75 Å². The molecule has 110 valence electrons. The van der Waals surface area contributed by atoms with Crippen LogP contribution in [-0.4, -0.2) is 38.1 Å². The number of para-hydroxylation sites is 1. The second-order valence-corrected chi connectivity index (χ2v) is 5.49. The maximum Gasteiger partial charge on any atom is 0.223 e. The zero-order valence-corrected chi connectivity index (χ0v) is 12.6.